The molecule has 0 unspecified atom stereocenters. The molecule has 0 aliphatic carbocycles. The first-order chi connectivity index (χ1) is 11.2. The minimum atomic E-state index is 0.468. The molecule has 1 rings (SSSR count). The third-order valence-electron chi connectivity index (χ3n) is 4.98. The molecule has 0 spiro atoms. The van der Waals surface area contributed by atoms with E-state index < -0.39 is 0 Å². The van der Waals surface area contributed by atoms with Gasteiger partial charge in [-0.25, -0.2) is 0 Å². The van der Waals surface area contributed by atoms with Crippen molar-refractivity contribution in [3.63, 3.8) is 0 Å². The second kappa shape index (κ2) is 9.36. The van der Waals surface area contributed by atoms with Gasteiger partial charge in [-0.3, -0.25) is 4.99 Å². The Morgan fingerprint density at radius 1 is 1.12 bits per heavy atom. The van der Waals surface area contributed by atoms with Crippen molar-refractivity contribution in [2.75, 3.05) is 20.1 Å². The molecule has 1 aromatic carbocycles. The Balaban J connectivity index is 3.52. The van der Waals surface area contributed by atoms with Crippen LogP contribution in [-0.4, -0.2) is 30.7 Å². The van der Waals surface area contributed by atoms with Gasteiger partial charge in [-0.05, 0) is 74.0 Å². The highest BCUT2D eigenvalue weighted by Crippen LogP contribution is 2.35. The van der Waals surface area contributed by atoms with E-state index in [9.17, 15) is 0 Å². The van der Waals surface area contributed by atoms with Crippen molar-refractivity contribution in [2.24, 2.45) is 10.9 Å². The molecule has 0 heterocycles. The van der Waals surface area contributed by atoms with Crippen molar-refractivity contribution in [3.8, 4) is 0 Å². The third-order valence-corrected chi connectivity index (χ3v) is 4.98. The van der Waals surface area contributed by atoms with Gasteiger partial charge in [0.25, 0.3) is 0 Å². The van der Waals surface area contributed by atoms with Crippen LogP contribution in [0.2, 0.25) is 0 Å². The van der Waals surface area contributed by atoms with Gasteiger partial charge < -0.3 is 4.90 Å². The summed E-state index contributed by atoms with van der Waals surface area (Å²) in [6.07, 6.45) is 2.33. The first kappa shape index (κ1) is 20.9. The van der Waals surface area contributed by atoms with Crippen molar-refractivity contribution >= 4 is 11.4 Å². The van der Waals surface area contributed by atoms with Gasteiger partial charge >= 0.3 is 0 Å². The monoisotopic (exact) mass is 330 g/mol. The van der Waals surface area contributed by atoms with E-state index in [0.29, 0.717) is 11.8 Å². The highest BCUT2D eigenvalue weighted by atomic mass is 15.1. The quantitative estimate of drug-likeness (QED) is 0.529. The fourth-order valence-corrected chi connectivity index (χ4v) is 3.18. The summed E-state index contributed by atoms with van der Waals surface area (Å²) in [5, 5.41) is 0. The van der Waals surface area contributed by atoms with Crippen LogP contribution in [0.1, 0.15) is 76.1 Å². The van der Waals surface area contributed by atoms with E-state index in [-0.39, 0.29) is 0 Å². The molecule has 0 fully saturated rings. The predicted octanol–water partition coefficient (Wildman–Crippen LogP) is 6.06. The lowest BCUT2D eigenvalue weighted by Crippen LogP contribution is -2.28. The second-order valence-corrected chi connectivity index (χ2v) is 7.72. The number of benzene rings is 1. The first-order valence-electron chi connectivity index (χ1n) is 9.61. The minimum Gasteiger partial charge on any atom is -0.301 e. The van der Waals surface area contributed by atoms with Crippen LogP contribution in [0, 0.1) is 19.8 Å². The third kappa shape index (κ3) is 5.17. The first-order valence-corrected chi connectivity index (χ1v) is 9.61. The Hall–Kier alpha value is -1.15. The van der Waals surface area contributed by atoms with Crippen LogP contribution in [0.5, 0.6) is 0 Å². The van der Waals surface area contributed by atoms with E-state index in [1.54, 1.807) is 0 Å². The zero-order valence-electron chi connectivity index (χ0n) is 17.5. The summed E-state index contributed by atoms with van der Waals surface area (Å²) in [5.41, 5.74) is 8.29. The van der Waals surface area contributed by atoms with Gasteiger partial charge in [-0.15, -0.1) is 0 Å². The largest absolute Gasteiger partial charge is 0.301 e. The zero-order chi connectivity index (χ0) is 18.4. The molecule has 24 heavy (non-hydrogen) atoms. The fourth-order valence-electron chi connectivity index (χ4n) is 3.18. The molecule has 0 aromatic heterocycles. The van der Waals surface area contributed by atoms with Gasteiger partial charge in [-0.2, -0.15) is 0 Å². The summed E-state index contributed by atoms with van der Waals surface area (Å²) in [4.78, 5) is 7.52. The lowest BCUT2D eigenvalue weighted by atomic mass is 9.87. The fraction of sp³-hybridized carbons (Fsp3) is 0.682. The van der Waals surface area contributed by atoms with E-state index in [4.69, 9.17) is 4.99 Å². The maximum absolute atomic E-state index is 5.19. The van der Waals surface area contributed by atoms with E-state index in [0.717, 1.165) is 19.5 Å². The molecular formula is C22H38N2. The molecule has 0 N–H and O–H groups in total. The van der Waals surface area contributed by atoms with Crippen molar-refractivity contribution in [2.45, 2.75) is 74.1 Å². The molecule has 2 nitrogen and oxygen atoms in total. The number of hydrogen-bond donors (Lipinski definition) is 0. The Kier molecular flexibility index (Phi) is 8.15. The van der Waals surface area contributed by atoms with E-state index >= 15 is 0 Å². The van der Waals surface area contributed by atoms with E-state index in [2.05, 4.69) is 73.4 Å². The maximum atomic E-state index is 5.19. The van der Waals surface area contributed by atoms with Crippen molar-refractivity contribution < 1.29 is 0 Å². The normalized spacial score (nSPS) is 12.8. The Labute approximate surface area is 150 Å². The van der Waals surface area contributed by atoms with E-state index in [1.165, 1.54) is 40.1 Å². The Morgan fingerprint density at radius 2 is 1.75 bits per heavy atom. The molecule has 0 amide bonds. The highest BCUT2D eigenvalue weighted by molar-refractivity contribution is 5.90. The predicted molar refractivity (Wildman–Crippen MR) is 109 cm³/mol. The highest BCUT2D eigenvalue weighted by Gasteiger charge is 2.17. The molecule has 0 radical (unpaired) electrons. The topological polar surface area (TPSA) is 15.6 Å². The van der Waals surface area contributed by atoms with Crippen LogP contribution in [0.3, 0.4) is 0 Å². The van der Waals surface area contributed by atoms with Crippen LogP contribution in [0.4, 0.5) is 5.69 Å². The Bertz CT molecular complexity index is 568. The molecule has 0 aliphatic rings. The van der Waals surface area contributed by atoms with Gasteiger partial charge in [0.15, 0.2) is 0 Å². The standard InChI is InChI=1S/C22H38N2/c1-10-12-19-18(8)17(7)13-20(22(19)16(5)6)23-21(15(3)4)14-24(9)11-2/h13,15-16H,10-12,14H2,1-9H3. The van der Waals surface area contributed by atoms with Gasteiger partial charge in [0.1, 0.15) is 0 Å². The number of hydrogen-bond acceptors (Lipinski definition) is 2. The van der Waals surface area contributed by atoms with Crippen molar-refractivity contribution in [1.29, 1.82) is 0 Å². The average molecular weight is 331 g/mol. The summed E-state index contributed by atoms with van der Waals surface area (Å²) in [6, 6.07) is 2.30. The SMILES string of the molecule is CCCc1c(C)c(C)cc(N=C(CN(C)CC)C(C)C)c1C(C)C. The summed E-state index contributed by atoms with van der Waals surface area (Å²) in [6.45, 7) is 20.1. The molecule has 0 saturated heterocycles. The summed E-state index contributed by atoms with van der Waals surface area (Å²) >= 11 is 0. The molecule has 136 valence electrons. The lowest BCUT2D eigenvalue weighted by molar-refractivity contribution is 0.398. The number of aryl methyl sites for hydroxylation is 1. The smallest absolute Gasteiger partial charge is 0.0669 e. The lowest BCUT2D eigenvalue weighted by Gasteiger charge is -2.23. The molecule has 0 aliphatic heterocycles. The molecule has 0 bridgehead atoms. The van der Waals surface area contributed by atoms with Crippen LogP contribution >= 0.6 is 0 Å². The number of nitrogens with zero attached hydrogens (tertiary/aromatic N) is 2. The Morgan fingerprint density at radius 3 is 2.21 bits per heavy atom. The molecular weight excluding hydrogens is 292 g/mol. The molecule has 0 atom stereocenters. The molecule has 2 heteroatoms. The van der Waals surface area contributed by atoms with Gasteiger partial charge in [0.05, 0.1) is 5.69 Å². The van der Waals surface area contributed by atoms with Crippen molar-refractivity contribution in [3.05, 3.63) is 28.3 Å². The van der Waals surface area contributed by atoms with Crippen LogP contribution in [0.25, 0.3) is 0 Å². The minimum absolute atomic E-state index is 0.468. The van der Waals surface area contributed by atoms with E-state index in [1.807, 2.05) is 0 Å². The van der Waals surface area contributed by atoms with Crippen LogP contribution in [-0.2, 0) is 6.42 Å². The summed E-state index contributed by atoms with van der Waals surface area (Å²) in [5.74, 6) is 0.970. The molecule has 0 saturated carbocycles. The van der Waals surface area contributed by atoms with Gasteiger partial charge in [0.2, 0.25) is 0 Å². The average Bonchev–Trinajstić information content (AvgIpc) is 2.50. The maximum Gasteiger partial charge on any atom is 0.0669 e. The van der Waals surface area contributed by atoms with Gasteiger partial charge in [0, 0.05) is 12.3 Å². The molecule has 1 aromatic rings. The van der Waals surface area contributed by atoms with Crippen LogP contribution < -0.4 is 0 Å². The zero-order valence-corrected chi connectivity index (χ0v) is 17.5. The summed E-state index contributed by atoms with van der Waals surface area (Å²) < 4.78 is 0. The second-order valence-electron chi connectivity index (χ2n) is 7.72. The summed E-state index contributed by atoms with van der Waals surface area (Å²) in [7, 11) is 2.17. The van der Waals surface area contributed by atoms with Crippen LogP contribution in [0.15, 0.2) is 11.1 Å². The number of aliphatic imine (C=N–C) groups is 1. The van der Waals surface area contributed by atoms with Gasteiger partial charge in [-0.1, -0.05) is 48.0 Å². The van der Waals surface area contributed by atoms with Crippen molar-refractivity contribution in [1.82, 2.24) is 4.90 Å². The number of rotatable bonds is 8.